The third-order valence-electron chi connectivity index (χ3n) is 3.35. The Kier molecular flexibility index (Phi) is 4.37. The van der Waals surface area contributed by atoms with E-state index in [1.54, 1.807) is 12.1 Å². The predicted octanol–water partition coefficient (Wildman–Crippen LogP) is 2.66. The molecule has 1 aliphatic heterocycles. The van der Waals surface area contributed by atoms with Crippen LogP contribution in [0.25, 0.3) is 0 Å². The van der Waals surface area contributed by atoms with Crippen LogP contribution in [-0.4, -0.2) is 31.1 Å². The Hall–Kier alpha value is -0.640. The van der Waals surface area contributed by atoms with Gasteiger partial charge in [-0.1, -0.05) is 17.7 Å². The van der Waals surface area contributed by atoms with Crippen LogP contribution < -0.4 is 5.32 Å². The minimum absolute atomic E-state index is 0.224. The maximum absolute atomic E-state index is 13.5. The molecule has 1 aromatic carbocycles. The lowest BCUT2D eigenvalue weighted by atomic mass is 10.1. The molecule has 1 aliphatic rings. The smallest absolute Gasteiger partial charge is 0.129 e. The molecule has 1 fully saturated rings. The summed E-state index contributed by atoms with van der Waals surface area (Å²) in [4.78, 5) is 2.31. The molecule has 1 heterocycles. The Labute approximate surface area is 107 Å². The molecule has 0 atom stereocenters. The first-order valence-electron chi connectivity index (χ1n) is 6.01. The summed E-state index contributed by atoms with van der Waals surface area (Å²) in [6, 6.07) is 5.30. The van der Waals surface area contributed by atoms with E-state index in [0.29, 0.717) is 23.2 Å². The van der Waals surface area contributed by atoms with Crippen molar-refractivity contribution >= 4 is 11.6 Å². The van der Waals surface area contributed by atoms with E-state index >= 15 is 0 Å². The lowest BCUT2D eigenvalue weighted by Crippen LogP contribution is -2.40. The molecule has 4 heteroatoms. The van der Waals surface area contributed by atoms with Crippen molar-refractivity contribution < 1.29 is 4.39 Å². The first-order chi connectivity index (χ1) is 8.16. The fraction of sp³-hybridized carbons (Fsp3) is 0.538. The van der Waals surface area contributed by atoms with E-state index in [9.17, 15) is 4.39 Å². The second-order valence-electron chi connectivity index (χ2n) is 4.66. The Morgan fingerprint density at radius 3 is 2.76 bits per heavy atom. The first-order valence-corrected chi connectivity index (χ1v) is 6.39. The van der Waals surface area contributed by atoms with Gasteiger partial charge in [-0.15, -0.1) is 0 Å². The molecule has 0 aromatic heterocycles. The van der Waals surface area contributed by atoms with Crippen LogP contribution in [0.3, 0.4) is 0 Å². The summed E-state index contributed by atoms with van der Waals surface area (Å²) in [6.45, 7) is 2.71. The van der Waals surface area contributed by atoms with Crippen molar-refractivity contribution in [2.75, 3.05) is 20.1 Å². The maximum Gasteiger partial charge on any atom is 0.129 e. The summed E-state index contributed by atoms with van der Waals surface area (Å²) in [5.74, 6) is -0.224. The van der Waals surface area contributed by atoms with Crippen LogP contribution in [0, 0.1) is 5.82 Å². The van der Waals surface area contributed by atoms with E-state index in [2.05, 4.69) is 17.3 Å². The molecule has 0 bridgehead atoms. The Balaban J connectivity index is 1.89. The molecule has 0 radical (unpaired) electrons. The van der Waals surface area contributed by atoms with Crippen LogP contribution in [0.15, 0.2) is 18.2 Å². The monoisotopic (exact) mass is 256 g/mol. The van der Waals surface area contributed by atoms with Crippen LogP contribution in [0.5, 0.6) is 0 Å². The third-order valence-corrected chi connectivity index (χ3v) is 3.70. The number of hydrogen-bond acceptors (Lipinski definition) is 2. The zero-order valence-electron chi connectivity index (χ0n) is 10.0. The van der Waals surface area contributed by atoms with Crippen molar-refractivity contribution in [3.8, 4) is 0 Å². The number of piperidine rings is 1. The summed E-state index contributed by atoms with van der Waals surface area (Å²) in [6.07, 6.45) is 2.23. The van der Waals surface area contributed by atoms with Gasteiger partial charge in [-0.3, -0.25) is 0 Å². The fourth-order valence-corrected chi connectivity index (χ4v) is 2.39. The Morgan fingerprint density at radius 1 is 1.41 bits per heavy atom. The second kappa shape index (κ2) is 5.80. The molecule has 0 saturated carbocycles. The summed E-state index contributed by atoms with van der Waals surface area (Å²) in [5, 5.41) is 3.89. The van der Waals surface area contributed by atoms with Crippen LogP contribution in [0.1, 0.15) is 18.4 Å². The molecule has 0 unspecified atom stereocenters. The lowest BCUT2D eigenvalue weighted by Gasteiger charge is -2.29. The molecular formula is C13H18ClFN2. The first kappa shape index (κ1) is 12.8. The van der Waals surface area contributed by atoms with Crippen molar-refractivity contribution in [1.82, 2.24) is 10.2 Å². The number of rotatable bonds is 3. The Bertz CT molecular complexity index is 355. The van der Waals surface area contributed by atoms with Gasteiger partial charge in [0.05, 0.1) is 0 Å². The molecule has 1 N–H and O–H groups in total. The van der Waals surface area contributed by atoms with Gasteiger partial charge in [0.25, 0.3) is 0 Å². The van der Waals surface area contributed by atoms with Gasteiger partial charge in [-0.05, 0) is 45.1 Å². The van der Waals surface area contributed by atoms with Crippen molar-refractivity contribution in [2.24, 2.45) is 0 Å². The maximum atomic E-state index is 13.5. The topological polar surface area (TPSA) is 15.3 Å². The normalized spacial score (nSPS) is 18.5. The highest BCUT2D eigenvalue weighted by Crippen LogP contribution is 2.19. The summed E-state index contributed by atoms with van der Waals surface area (Å²) >= 11 is 5.98. The van der Waals surface area contributed by atoms with E-state index in [1.807, 2.05) is 0 Å². The predicted molar refractivity (Wildman–Crippen MR) is 68.8 cm³/mol. The van der Waals surface area contributed by atoms with Crippen LogP contribution in [0.4, 0.5) is 4.39 Å². The third kappa shape index (κ3) is 3.41. The standard InChI is InChI=1S/C13H18ClFN2/c1-17-7-5-10(6-8-17)16-9-11-12(14)3-2-4-13(11)15/h2-4,10,16H,5-9H2,1H3. The molecule has 0 aliphatic carbocycles. The zero-order chi connectivity index (χ0) is 12.3. The van der Waals surface area contributed by atoms with Crippen LogP contribution in [0.2, 0.25) is 5.02 Å². The van der Waals surface area contributed by atoms with Gasteiger partial charge in [0.1, 0.15) is 5.82 Å². The van der Waals surface area contributed by atoms with Crippen molar-refractivity contribution in [1.29, 1.82) is 0 Å². The van der Waals surface area contributed by atoms with Gasteiger partial charge in [-0.25, -0.2) is 4.39 Å². The van der Waals surface area contributed by atoms with Crippen molar-refractivity contribution in [2.45, 2.75) is 25.4 Å². The summed E-state index contributed by atoms with van der Waals surface area (Å²) < 4.78 is 13.5. The number of nitrogens with one attached hydrogen (secondary N) is 1. The molecule has 2 rings (SSSR count). The number of halogens is 2. The molecule has 0 amide bonds. The molecule has 17 heavy (non-hydrogen) atoms. The molecule has 2 nitrogen and oxygen atoms in total. The average Bonchev–Trinajstić information content (AvgIpc) is 2.31. The van der Waals surface area contributed by atoms with Gasteiger partial charge in [0.2, 0.25) is 0 Å². The largest absolute Gasteiger partial charge is 0.310 e. The van der Waals surface area contributed by atoms with Crippen LogP contribution in [-0.2, 0) is 6.54 Å². The minimum atomic E-state index is -0.224. The van der Waals surface area contributed by atoms with Gasteiger partial charge in [0.15, 0.2) is 0 Å². The number of benzene rings is 1. The van der Waals surface area contributed by atoms with E-state index in [-0.39, 0.29) is 5.82 Å². The fourth-order valence-electron chi connectivity index (χ4n) is 2.16. The van der Waals surface area contributed by atoms with Crippen molar-refractivity contribution in [3.05, 3.63) is 34.6 Å². The summed E-state index contributed by atoms with van der Waals surface area (Å²) in [5.41, 5.74) is 0.577. The highest BCUT2D eigenvalue weighted by atomic mass is 35.5. The van der Waals surface area contributed by atoms with E-state index < -0.39 is 0 Å². The molecule has 0 spiro atoms. The minimum Gasteiger partial charge on any atom is -0.310 e. The molecule has 1 aromatic rings. The highest BCUT2D eigenvalue weighted by molar-refractivity contribution is 6.31. The average molecular weight is 257 g/mol. The SMILES string of the molecule is CN1CCC(NCc2c(F)cccc2Cl)CC1. The van der Waals surface area contributed by atoms with E-state index in [1.165, 1.54) is 6.07 Å². The summed E-state index contributed by atoms with van der Waals surface area (Å²) in [7, 11) is 2.13. The van der Waals surface area contributed by atoms with E-state index in [4.69, 9.17) is 11.6 Å². The quantitative estimate of drug-likeness (QED) is 0.895. The second-order valence-corrected chi connectivity index (χ2v) is 5.07. The Morgan fingerprint density at radius 2 is 2.12 bits per heavy atom. The number of nitrogens with zero attached hydrogens (tertiary/aromatic N) is 1. The van der Waals surface area contributed by atoms with Gasteiger partial charge >= 0.3 is 0 Å². The molecular weight excluding hydrogens is 239 g/mol. The highest BCUT2D eigenvalue weighted by Gasteiger charge is 2.16. The van der Waals surface area contributed by atoms with Crippen molar-refractivity contribution in [3.63, 3.8) is 0 Å². The van der Waals surface area contributed by atoms with E-state index in [0.717, 1.165) is 25.9 Å². The molecule has 94 valence electrons. The zero-order valence-corrected chi connectivity index (χ0v) is 10.8. The van der Waals surface area contributed by atoms with Gasteiger partial charge < -0.3 is 10.2 Å². The number of likely N-dealkylation sites (tertiary alicyclic amines) is 1. The van der Waals surface area contributed by atoms with Gasteiger partial charge in [-0.2, -0.15) is 0 Å². The van der Waals surface area contributed by atoms with Gasteiger partial charge in [0, 0.05) is 23.2 Å². The lowest BCUT2D eigenvalue weighted by molar-refractivity contribution is 0.233. The van der Waals surface area contributed by atoms with Crippen LogP contribution >= 0.6 is 11.6 Å². The molecule has 1 saturated heterocycles. The number of hydrogen-bond donors (Lipinski definition) is 1.